The van der Waals surface area contributed by atoms with Crippen LogP contribution in [0.2, 0.25) is 5.02 Å². The number of aromatic nitrogens is 3. The summed E-state index contributed by atoms with van der Waals surface area (Å²) in [7, 11) is 0. The van der Waals surface area contributed by atoms with Crippen molar-refractivity contribution in [3.63, 3.8) is 0 Å². The van der Waals surface area contributed by atoms with E-state index in [2.05, 4.69) is 10.3 Å². The lowest BCUT2D eigenvalue weighted by Crippen LogP contribution is -2.53. The molecule has 1 fully saturated rings. The molecule has 204 valence electrons. The summed E-state index contributed by atoms with van der Waals surface area (Å²) >= 11 is 7.54. The van der Waals surface area contributed by atoms with Gasteiger partial charge in [0, 0.05) is 30.2 Å². The average molecular weight is 577 g/mol. The van der Waals surface area contributed by atoms with Gasteiger partial charge in [-0.3, -0.25) is 9.59 Å². The normalized spacial score (nSPS) is 22.6. The molecule has 39 heavy (non-hydrogen) atoms. The molecule has 0 spiro atoms. The minimum atomic E-state index is -1.03. The molecule has 2 unspecified atom stereocenters. The fourth-order valence-corrected chi connectivity index (χ4v) is 5.72. The monoisotopic (exact) mass is 576 g/mol. The van der Waals surface area contributed by atoms with Crippen LogP contribution in [-0.4, -0.2) is 51.2 Å². The number of hydrogen-bond donors (Lipinski definition) is 0. The first-order valence-electron chi connectivity index (χ1n) is 11.8. The van der Waals surface area contributed by atoms with Crippen LogP contribution in [0.25, 0.3) is 11.3 Å². The number of halogens is 3. The van der Waals surface area contributed by atoms with E-state index in [0.29, 0.717) is 16.0 Å². The first-order chi connectivity index (χ1) is 18.6. The predicted octanol–water partition coefficient (Wildman–Crippen LogP) is 4.94. The Morgan fingerprint density at radius 3 is 2.59 bits per heavy atom. The largest absolute Gasteiger partial charge is 0.463 e. The second kappa shape index (κ2) is 12.1. The summed E-state index contributed by atoms with van der Waals surface area (Å²) < 4.78 is 45.9. The second-order valence-corrected chi connectivity index (χ2v) is 10.4. The summed E-state index contributed by atoms with van der Waals surface area (Å²) in [4.78, 5) is 24.4. The predicted molar refractivity (Wildman–Crippen MR) is 136 cm³/mol. The van der Waals surface area contributed by atoms with Crippen LogP contribution in [0, 0.1) is 28.9 Å². The summed E-state index contributed by atoms with van der Waals surface area (Å²) in [5.41, 5.74) is 0.334. The Labute approximate surface area is 232 Å². The van der Waals surface area contributed by atoms with Crippen LogP contribution in [0.1, 0.15) is 32.4 Å². The molecule has 1 aromatic heterocycles. The number of benzene rings is 2. The number of hydrogen-bond acceptors (Lipinski definition) is 9. The maximum atomic E-state index is 13.9. The summed E-state index contributed by atoms with van der Waals surface area (Å²) in [6.07, 6.45) is -0.266. The first-order valence-corrected chi connectivity index (χ1v) is 13.0. The van der Waals surface area contributed by atoms with Crippen LogP contribution in [0.5, 0.6) is 0 Å². The van der Waals surface area contributed by atoms with E-state index in [1.165, 1.54) is 36.4 Å². The van der Waals surface area contributed by atoms with E-state index in [1.807, 2.05) is 13.0 Å². The quantitative estimate of drug-likeness (QED) is 0.361. The molecule has 0 aliphatic carbocycles. The number of ether oxygens (including phenoxy) is 3. The molecule has 2 aromatic carbocycles. The number of thioether (sulfide) groups is 1. The van der Waals surface area contributed by atoms with Gasteiger partial charge in [-0.05, 0) is 36.4 Å². The van der Waals surface area contributed by atoms with Crippen molar-refractivity contribution in [2.75, 3.05) is 6.61 Å². The van der Waals surface area contributed by atoms with E-state index in [-0.39, 0.29) is 23.2 Å². The number of rotatable bonds is 7. The van der Waals surface area contributed by atoms with Crippen molar-refractivity contribution in [1.82, 2.24) is 15.0 Å². The Morgan fingerprint density at radius 1 is 1.18 bits per heavy atom. The van der Waals surface area contributed by atoms with Gasteiger partial charge >= 0.3 is 11.9 Å². The zero-order valence-corrected chi connectivity index (χ0v) is 22.6. The van der Waals surface area contributed by atoms with Crippen molar-refractivity contribution in [3.05, 3.63) is 64.8 Å². The third kappa shape index (κ3) is 6.55. The lowest BCUT2D eigenvalue weighted by Gasteiger charge is -2.44. The SMILES string of the molecule is CC(=O)OCC1O[C@H](Sc2ccc(C#N)c(Cl)c2)C(C)[C@@H](n2cc(-c3ccc(F)c(F)c3)nn2)[C@H]1OC(C)=O. The minimum Gasteiger partial charge on any atom is -0.463 e. The highest BCUT2D eigenvalue weighted by Gasteiger charge is 2.48. The molecule has 1 aliphatic heterocycles. The first kappa shape index (κ1) is 28.5. The molecule has 0 radical (unpaired) electrons. The van der Waals surface area contributed by atoms with Gasteiger partial charge in [0.1, 0.15) is 29.9 Å². The van der Waals surface area contributed by atoms with Crippen molar-refractivity contribution in [3.8, 4) is 17.3 Å². The van der Waals surface area contributed by atoms with Gasteiger partial charge < -0.3 is 14.2 Å². The zero-order chi connectivity index (χ0) is 28.3. The Balaban J connectivity index is 1.72. The highest BCUT2D eigenvalue weighted by atomic mass is 35.5. The molecule has 0 bridgehead atoms. The number of carbonyl (C=O) groups excluding carboxylic acids is 2. The lowest BCUT2D eigenvalue weighted by atomic mass is 9.90. The standard InChI is InChI=1S/C26H23ClF2N4O5S/c1-13-24(33-11-22(31-32-33)16-5-7-20(28)21(29)8-16)25(37-15(3)35)23(12-36-14(2)34)38-26(13)39-18-6-4-17(10-30)19(27)9-18/h4-9,11,13,23-26H,12H2,1-3H3/t13?,23?,24-,25+,26-/m1/s1. The maximum absolute atomic E-state index is 13.9. The molecule has 0 N–H and O–H groups in total. The van der Waals surface area contributed by atoms with Gasteiger partial charge in [-0.15, -0.1) is 5.10 Å². The number of carbonyl (C=O) groups is 2. The Kier molecular flexibility index (Phi) is 8.84. The van der Waals surface area contributed by atoms with Crippen molar-refractivity contribution in [2.45, 2.75) is 49.4 Å². The van der Waals surface area contributed by atoms with E-state index >= 15 is 0 Å². The molecule has 13 heteroatoms. The number of esters is 2. The van der Waals surface area contributed by atoms with Crippen molar-refractivity contribution in [2.24, 2.45) is 5.92 Å². The van der Waals surface area contributed by atoms with Gasteiger partial charge in [-0.1, -0.05) is 35.5 Å². The van der Waals surface area contributed by atoms with Crippen LogP contribution in [0.15, 0.2) is 47.5 Å². The lowest BCUT2D eigenvalue weighted by molar-refractivity contribution is -0.191. The van der Waals surface area contributed by atoms with Crippen molar-refractivity contribution in [1.29, 1.82) is 5.26 Å². The fourth-order valence-electron chi connectivity index (χ4n) is 4.26. The molecule has 5 atom stereocenters. The van der Waals surface area contributed by atoms with E-state index in [0.717, 1.165) is 12.1 Å². The fraction of sp³-hybridized carbons (Fsp3) is 0.346. The highest BCUT2D eigenvalue weighted by molar-refractivity contribution is 7.99. The van der Waals surface area contributed by atoms with Gasteiger partial charge in [0.05, 0.1) is 22.8 Å². The molecule has 0 saturated carbocycles. The zero-order valence-electron chi connectivity index (χ0n) is 21.0. The number of nitriles is 1. The average Bonchev–Trinajstić information content (AvgIpc) is 3.36. The van der Waals surface area contributed by atoms with E-state index < -0.39 is 47.3 Å². The molecule has 4 rings (SSSR count). The highest BCUT2D eigenvalue weighted by Crippen LogP contribution is 2.43. The maximum Gasteiger partial charge on any atom is 0.303 e. The van der Waals surface area contributed by atoms with Crippen LogP contribution < -0.4 is 0 Å². The summed E-state index contributed by atoms with van der Waals surface area (Å²) in [5.74, 6) is -3.52. The molecule has 1 aliphatic rings. The van der Waals surface area contributed by atoms with E-state index in [1.54, 1.807) is 24.4 Å². The van der Waals surface area contributed by atoms with Crippen LogP contribution >= 0.6 is 23.4 Å². The van der Waals surface area contributed by atoms with E-state index in [9.17, 15) is 23.6 Å². The van der Waals surface area contributed by atoms with Gasteiger partial charge in [0.2, 0.25) is 0 Å². The summed E-state index contributed by atoms with van der Waals surface area (Å²) in [5, 5.41) is 17.8. The third-order valence-electron chi connectivity index (χ3n) is 6.08. The molecule has 3 aromatic rings. The molecule has 2 heterocycles. The molecule has 1 saturated heterocycles. The summed E-state index contributed by atoms with van der Waals surface area (Å²) in [6.45, 7) is 4.16. The molecule has 9 nitrogen and oxygen atoms in total. The number of nitrogens with zero attached hydrogens (tertiary/aromatic N) is 4. The third-order valence-corrected chi connectivity index (χ3v) is 7.69. The second-order valence-electron chi connectivity index (χ2n) is 8.85. The summed E-state index contributed by atoms with van der Waals surface area (Å²) in [6, 6.07) is 9.71. The van der Waals surface area contributed by atoms with Gasteiger partial charge in [-0.25, -0.2) is 13.5 Å². The molecular formula is C26H23ClF2N4O5S. The van der Waals surface area contributed by atoms with Crippen molar-refractivity contribution < 1.29 is 32.6 Å². The minimum absolute atomic E-state index is 0.202. The van der Waals surface area contributed by atoms with E-state index in [4.69, 9.17) is 25.8 Å². The smallest absolute Gasteiger partial charge is 0.303 e. The van der Waals surface area contributed by atoms with Crippen LogP contribution in [-0.2, 0) is 23.8 Å². The van der Waals surface area contributed by atoms with Crippen LogP contribution in [0.4, 0.5) is 8.78 Å². The Morgan fingerprint density at radius 2 is 1.95 bits per heavy atom. The Hall–Kier alpha value is -3.53. The van der Waals surface area contributed by atoms with Crippen molar-refractivity contribution >= 4 is 35.3 Å². The van der Waals surface area contributed by atoms with Gasteiger partial charge in [0.25, 0.3) is 0 Å². The molecular weight excluding hydrogens is 554 g/mol. The topological polar surface area (TPSA) is 116 Å². The molecule has 0 amide bonds. The van der Waals surface area contributed by atoms with Gasteiger partial charge in [0.15, 0.2) is 17.7 Å². The van der Waals surface area contributed by atoms with Crippen LogP contribution in [0.3, 0.4) is 0 Å². The Bertz CT molecular complexity index is 1430. The van der Waals surface area contributed by atoms with Gasteiger partial charge in [-0.2, -0.15) is 5.26 Å².